The molecule has 0 radical (unpaired) electrons. The van der Waals surface area contributed by atoms with Gasteiger partial charge in [-0.15, -0.1) is 0 Å². The molecule has 168 valence electrons. The number of fused-ring (bicyclic) bond motifs is 3. The van der Waals surface area contributed by atoms with Gasteiger partial charge in [0, 0.05) is 6.08 Å². The second-order valence-corrected chi connectivity index (χ2v) is 7.91. The number of rotatable bonds is 9. The van der Waals surface area contributed by atoms with Crippen molar-refractivity contribution in [2.45, 2.75) is 32.6 Å². The highest BCUT2D eigenvalue weighted by Gasteiger charge is 2.21. The third kappa shape index (κ3) is 5.32. The molecule has 0 N–H and O–H groups in total. The average Bonchev–Trinajstić information content (AvgIpc) is 3.19. The zero-order valence-corrected chi connectivity index (χ0v) is 18.6. The predicted octanol–water partition coefficient (Wildman–Crippen LogP) is 6.14. The Bertz CT molecular complexity index is 1180. The summed E-state index contributed by atoms with van der Waals surface area (Å²) >= 11 is 0. The van der Waals surface area contributed by atoms with Crippen molar-refractivity contribution in [1.29, 1.82) is 0 Å². The molecule has 0 heterocycles. The topological polar surface area (TPSA) is 61.8 Å². The van der Waals surface area contributed by atoms with Crippen molar-refractivity contribution in [3.8, 4) is 28.4 Å². The zero-order chi connectivity index (χ0) is 23.2. The molecule has 1 aliphatic rings. The minimum Gasteiger partial charge on any atom is -0.494 e. The van der Waals surface area contributed by atoms with Crippen LogP contribution in [0.3, 0.4) is 0 Å². The first-order valence-electron chi connectivity index (χ1n) is 11.1. The van der Waals surface area contributed by atoms with Crippen molar-refractivity contribution < 1.29 is 23.8 Å². The summed E-state index contributed by atoms with van der Waals surface area (Å²) in [5, 5.41) is 0. The van der Waals surface area contributed by atoms with Gasteiger partial charge in [-0.2, -0.15) is 0 Å². The van der Waals surface area contributed by atoms with Crippen LogP contribution in [0.25, 0.3) is 11.1 Å². The number of unbranched alkanes of at least 4 members (excludes halogenated alkanes) is 2. The van der Waals surface area contributed by atoms with Crippen molar-refractivity contribution in [3.63, 3.8) is 0 Å². The van der Waals surface area contributed by atoms with Gasteiger partial charge in [0.25, 0.3) is 0 Å². The Kier molecular flexibility index (Phi) is 6.89. The normalized spacial score (nSPS) is 11.3. The number of esters is 2. The number of hydrogen-bond donors (Lipinski definition) is 0. The van der Waals surface area contributed by atoms with Crippen LogP contribution in [0.4, 0.5) is 0 Å². The maximum Gasteiger partial charge on any atom is 0.343 e. The number of ether oxygens (including phenoxy) is 3. The maximum absolute atomic E-state index is 12.6. The quantitative estimate of drug-likeness (QED) is 0.135. The van der Waals surface area contributed by atoms with Crippen LogP contribution in [0, 0.1) is 0 Å². The molecular weight excluding hydrogens is 416 g/mol. The largest absolute Gasteiger partial charge is 0.494 e. The summed E-state index contributed by atoms with van der Waals surface area (Å²) in [4.78, 5) is 24.1. The molecule has 0 aliphatic heterocycles. The Hall–Kier alpha value is -3.86. The summed E-state index contributed by atoms with van der Waals surface area (Å²) in [6.07, 6.45) is 5.11. The molecule has 0 unspecified atom stereocenters. The van der Waals surface area contributed by atoms with E-state index >= 15 is 0 Å². The Balaban J connectivity index is 1.40. The first-order valence-corrected chi connectivity index (χ1v) is 11.1. The molecule has 3 aromatic carbocycles. The Labute approximate surface area is 193 Å². The fraction of sp³-hybridized carbons (Fsp3) is 0.214. The average molecular weight is 443 g/mol. The Morgan fingerprint density at radius 3 is 2.06 bits per heavy atom. The third-order valence-electron chi connectivity index (χ3n) is 5.53. The second-order valence-electron chi connectivity index (χ2n) is 7.91. The highest BCUT2D eigenvalue weighted by atomic mass is 16.5. The lowest BCUT2D eigenvalue weighted by molar-refractivity contribution is -0.128. The molecule has 0 amide bonds. The zero-order valence-electron chi connectivity index (χ0n) is 18.6. The summed E-state index contributed by atoms with van der Waals surface area (Å²) in [5.41, 5.74) is 4.73. The van der Waals surface area contributed by atoms with Crippen LogP contribution < -0.4 is 14.2 Å². The van der Waals surface area contributed by atoms with Gasteiger partial charge in [-0.1, -0.05) is 38.5 Å². The van der Waals surface area contributed by atoms with Crippen molar-refractivity contribution in [3.05, 3.63) is 90.0 Å². The summed E-state index contributed by atoms with van der Waals surface area (Å²) < 4.78 is 16.5. The van der Waals surface area contributed by atoms with Gasteiger partial charge in [0.05, 0.1) is 12.2 Å². The van der Waals surface area contributed by atoms with E-state index < -0.39 is 11.9 Å². The van der Waals surface area contributed by atoms with E-state index in [4.69, 9.17) is 14.2 Å². The highest BCUT2D eigenvalue weighted by molar-refractivity contribution is 5.91. The van der Waals surface area contributed by atoms with Crippen LogP contribution in [0.5, 0.6) is 17.2 Å². The molecule has 0 atom stereocenters. The van der Waals surface area contributed by atoms with Gasteiger partial charge >= 0.3 is 11.9 Å². The summed E-state index contributed by atoms with van der Waals surface area (Å²) in [5.74, 6) is 0.814. The molecule has 4 rings (SSSR count). The lowest BCUT2D eigenvalue weighted by atomic mass is 10.1. The molecular formula is C28H26O5. The molecule has 0 saturated carbocycles. The summed E-state index contributed by atoms with van der Waals surface area (Å²) in [7, 11) is 0. The van der Waals surface area contributed by atoms with E-state index in [9.17, 15) is 9.59 Å². The molecule has 0 saturated heterocycles. The van der Waals surface area contributed by atoms with Crippen LogP contribution in [0.2, 0.25) is 0 Å². The fourth-order valence-electron chi connectivity index (χ4n) is 3.84. The van der Waals surface area contributed by atoms with Crippen LogP contribution in [-0.4, -0.2) is 18.5 Å². The van der Waals surface area contributed by atoms with Gasteiger partial charge < -0.3 is 14.2 Å². The number of carbonyl (C=O) groups is 2. The van der Waals surface area contributed by atoms with E-state index in [2.05, 4.69) is 13.5 Å². The van der Waals surface area contributed by atoms with Gasteiger partial charge in [-0.05, 0) is 83.6 Å². The molecule has 0 spiro atoms. The molecule has 5 heteroatoms. The van der Waals surface area contributed by atoms with Gasteiger partial charge in [-0.3, -0.25) is 0 Å². The van der Waals surface area contributed by atoms with Gasteiger partial charge in [-0.25, -0.2) is 9.59 Å². The summed E-state index contributed by atoms with van der Waals surface area (Å²) in [6.45, 7) is 6.24. The third-order valence-corrected chi connectivity index (χ3v) is 5.53. The second kappa shape index (κ2) is 10.2. The van der Waals surface area contributed by atoms with E-state index in [1.165, 1.54) is 0 Å². The molecule has 1 aliphatic carbocycles. The minimum atomic E-state index is -0.490. The van der Waals surface area contributed by atoms with Gasteiger partial charge in [0.15, 0.2) is 0 Å². The van der Waals surface area contributed by atoms with Crippen molar-refractivity contribution >= 4 is 11.9 Å². The number of benzene rings is 3. The van der Waals surface area contributed by atoms with Gasteiger partial charge in [0.1, 0.15) is 17.2 Å². The molecule has 5 nitrogen and oxygen atoms in total. The van der Waals surface area contributed by atoms with Crippen LogP contribution >= 0.6 is 0 Å². The number of carbonyl (C=O) groups excluding carboxylic acids is 2. The maximum atomic E-state index is 12.6. The molecule has 33 heavy (non-hydrogen) atoms. The fourth-order valence-corrected chi connectivity index (χ4v) is 3.84. The standard InChI is InChI=1S/C28H26O5/c1-3-5-6-15-31-22-9-7-19(8-10-22)28(30)33-24-12-14-26-21(18-24)16-20-17-23(11-13-25(20)26)32-27(29)4-2/h4,7-14,17-18H,2-3,5-6,15-16H2,1H3. The van der Waals surface area contributed by atoms with Gasteiger partial charge in [0.2, 0.25) is 0 Å². The van der Waals surface area contributed by atoms with Crippen LogP contribution in [-0.2, 0) is 11.2 Å². The van der Waals surface area contributed by atoms with E-state index in [-0.39, 0.29) is 0 Å². The van der Waals surface area contributed by atoms with Crippen LogP contribution in [0.15, 0.2) is 73.3 Å². The Morgan fingerprint density at radius 2 is 1.45 bits per heavy atom. The lowest BCUT2D eigenvalue weighted by Gasteiger charge is -2.08. The van der Waals surface area contributed by atoms with Crippen molar-refractivity contribution in [2.75, 3.05) is 6.61 Å². The number of hydrogen-bond acceptors (Lipinski definition) is 5. The highest BCUT2D eigenvalue weighted by Crippen LogP contribution is 2.40. The summed E-state index contributed by atoms with van der Waals surface area (Å²) in [6, 6.07) is 18.2. The Morgan fingerprint density at radius 1 is 0.848 bits per heavy atom. The SMILES string of the molecule is C=CC(=O)Oc1ccc2c(c1)Cc1cc(OC(=O)c3ccc(OCCCCC)cc3)ccc1-2. The minimum absolute atomic E-state index is 0.415. The molecule has 0 fully saturated rings. The predicted molar refractivity (Wildman–Crippen MR) is 127 cm³/mol. The molecule has 3 aromatic rings. The van der Waals surface area contributed by atoms with E-state index in [0.29, 0.717) is 30.1 Å². The smallest absolute Gasteiger partial charge is 0.343 e. The first-order chi connectivity index (χ1) is 16.1. The van der Waals surface area contributed by atoms with Crippen molar-refractivity contribution in [1.82, 2.24) is 0 Å². The van der Waals surface area contributed by atoms with Crippen LogP contribution in [0.1, 0.15) is 47.7 Å². The first kappa shape index (κ1) is 22.3. The lowest BCUT2D eigenvalue weighted by Crippen LogP contribution is -2.08. The monoisotopic (exact) mass is 442 g/mol. The molecule has 0 bridgehead atoms. The van der Waals surface area contributed by atoms with E-state index in [0.717, 1.165) is 53.3 Å². The molecule has 0 aromatic heterocycles. The van der Waals surface area contributed by atoms with E-state index in [1.807, 2.05) is 24.3 Å². The van der Waals surface area contributed by atoms with E-state index in [1.54, 1.807) is 36.4 Å². The van der Waals surface area contributed by atoms with Crippen molar-refractivity contribution in [2.24, 2.45) is 0 Å².